The van der Waals surface area contributed by atoms with Crippen LogP contribution in [0.15, 0.2) is 237 Å². The van der Waals surface area contributed by atoms with E-state index >= 15 is 0 Å². The molecule has 1 unspecified atom stereocenters. The topological polar surface area (TPSA) is 16.3 Å². The van der Waals surface area contributed by atoms with Crippen LogP contribution in [0.1, 0.15) is 32.7 Å². The maximum absolute atomic E-state index is 2.54. The number of hydrogen-bond acceptors (Lipinski definition) is 2. The molecule has 0 radical (unpaired) electrons. The summed E-state index contributed by atoms with van der Waals surface area (Å²) in [4.78, 5) is 4.73. The molecule has 4 heteroatoms. The van der Waals surface area contributed by atoms with E-state index in [2.05, 4.69) is 269 Å². The van der Waals surface area contributed by atoms with E-state index in [0.717, 1.165) is 52.7 Å². The molecule has 11 aromatic rings. The van der Waals surface area contributed by atoms with Crippen molar-refractivity contribution in [1.82, 2.24) is 9.13 Å². The minimum atomic E-state index is 0.372. The fourth-order valence-corrected chi connectivity index (χ4v) is 9.85. The van der Waals surface area contributed by atoms with E-state index in [-0.39, 0.29) is 0 Å². The van der Waals surface area contributed by atoms with Gasteiger partial charge in [-0.2, -0.15) is 0 Å². The highest BCUT2D eigenvalue weighted by Gasteiger charge is 2.20. The van der Waals surface area contributed by atoms with Gasteiger partial charge in [0.25, 0.3) is 0 Å². The second kappa shape index (κ2) is 17.2. The van der Waals surface area contributed by atoms with Crippen LogP contribution in [0.2, 0.25) is 0 Å². The summed E-state index contributed by atoms with van der Waals surface area (Å²) in [6.07, 6.45) is 6.59. The molecule has 0 saturated carbocycles. The molecule has 0 N–H and O–H groups in total. The quantitative estimate of drug-likeness (QED) is 0.114. The SMILES string of the molecule is C/C=C\CCC(C)n1c2ccccc2c2cc(N(c3ccccc3)c3ccc(-c4ccc(N(c5ccccc5)c5ccc6c(c5)c5ccccc5n6-c5ccccc5)cc4)cc3)ccc21. The molecule has 4 nitrogen and oxygen atoms in total. The molecule has 0 aliphatic rings. The molecular formula is C61H50N4. The summed E-state index contributed by atoms with van der Waals surface area (Å²) in [6, 6.07) is 81.8. The van der Waals surface area contributed by atoms with Gasteiger partial charge < -0.3 is 18.9 Å². The third-order valence-electron chi connectivity index (χ3n) is 12.9. The van der Waals surface area contributed by atoms with Crippen molar-refractivity contribution in [2.24, 2.45) is 0 Å². The maximum atomic E-state index is 2.54. The first-order chi connectivity index (χ1) is 32.1. The van der Waals surface area contributed by atoms with Crippen LogP contribution in [0.3, 0.4) is 0 Å². The molecule has 1 atom stereocenters. The predicted octanol–water partition coefficient (Wildman–Crippen LogP) is 17.4. The molecule has 0 aliphatic carbocycles. The number of rotatable bonds is 12. The number of hydrogen-bond donors (Lipinski definition) is 0. The van der Waals surface area contributed by atoms with Gasteiger partial charge in [-0.25, -0.2) is 0 Å². The van der Waals surface area contributed by atoms with E-state index in [1.165, 1.54) is 54.7 Å². The number of anilines is 6. The predicted molar refractivity (Wildman–Crippen MR) is 277 cm³/mol. The van der Waals surface area contributed by atoms with E-state index in [4.69, 9.17) is 0 Å². The maximum Gasteiger partial charge on any atom is 0.0542 e. The van der Waals surface area contributed by atoms with Crippen molar-refractivity contribution in [3.63, 3.8) is 0 Å². The van der Waals surface area contributed by atoms with E-state index in [9.17, 15) is 0 Å². The van der Waals surface area contributed by atoms with E-state index in [0.29, 0.717) is 6.04 Å². The Hall–Kier alpha value is -8.08. The molecule has 0 fully saturated rings. The van der Waals surface area contributed by atoms with Crippen LogP contribution in [0, 0.1) is 0 Å². The van der Waals surface area contributed by atoms with E-state index in [1.807, 2.05) is 0 Å². The average molecular weight is 839 g/mol. The van der Waals surface area contributed by atoms with Gasteiger partial charge in [0, 0.05) is 78.4 Å². The summed E-state index contributed by atoms with van der Waals surface area (Å²) < 4.78 is 4.90. The molecule has 9 aromatic carbocycles. The molecule has 2 heterocycles. The Labute approximate surface area is 381 Å². The van der Waals surface area contributed by atoms with Gasteiger partial charge >= 0.3 is 0 Å². The van der Waals surface area contributed by atoms with Crippen LogP contribution < -0.4 is 9.80 Å². The van der Waals surface area contributed by atoms with Gasteiger partial charge in [-0.15, -0.1) is 0 Å². The first kappa shape index (κ1) is 39.7. The second-order valence-corrected chi connectivity index (χ2v) is 16.9. The molecule has 0 spiro atoms. The minimum Gasteiger partial charge on any atom is -0.338 e. The first-order valence-corrected chi connectivity index (χ1v) is 22.8. The largest absolute Gasteiger partial charge is 0.338 e. The van der Waals surface area contributed by atoms with Gasteiger partial charge in [0.1, 0.15) is 0 Å². The number of benzene rings is 9. The average Bonchev–Trinajstić information content (AvgIpc) is 3.88. The number of nitrogens with zero attached hydrogens (tertiary/aromatic N) is 4. The van der Waals surface area contributed by atoms with Crippen molar-refractivity contribution in [3.8, 4) is 16.8 Å². The van der Waals surface area contributed by atoms with Crippen LogP contribution >= 0.6 is 0 Å². The summed E-state index contributed by atoms with van der Waals surface area (Å²) in [5.41, 5.74) is 15.1. The fourth-order valence-electron chi connectivity index (χ4n) is 9.85. The highest BCUT2D eigenvalue weighted by Crippen LogP contribution is 2.43. The molecule has 0 saturated heterocycles. The minimum absolute atomic E-state index is 0.372. The third-order valence-corrected chi connectivity index (χ3v) is 12.9. The Kier molecular flexibility index (Phi) is 10.5. The molecule has 314 valence electrons. The lowest BCUT2D eigenvalue weighted by atomic mass is 10.0. The lowest BCUT2D eigenvalue weighted by molar-refractivity contribution is 0.540. The second-order valence-electron chi connectivity index (χ2n) is 16.9. The summed E-state index contributed by atoms with van der Waals surface area (Å²) in [5.74, 6) is 0. The first-order valence-electron chi connectivity index (χ1n) is 22.8. The van der Waals surface area contributed by atoms with Crippen molar-refractivity contribution < 1.29 is 0 Å². The van der Waals surface area contributed by atoms with Crippen molar-refractivity contribution in [2.45, 2.75) is 32.7 Å². The smallest absolute Gasteiger partial charge is 0.0542 e. The van der Waals surface area contributed by atoms with Crippen LogP contribution in [0.25, 0.3) is 60.4 Å². The zero-order valence-corrected chi connectivity index (χ0v) is 36.8. The monoisotopic (exact) mass is 838 g/mol. The molecular weight excluding hydrogens is 789 g/mol. The van der Waals surface area contributed by atoms with Gasteiger partial charge in [0.2, 0.25) is 0 Å². The number of aromatic nitrogens is 2. The van der Waals surface area contributed by atoms with Gasteiger partial charge in [0.05, 0.1) is 11.0 Å². The molecule has 0 aliphatic heterocycles. The zero-order valence-electron chi connectivity index (χ0n) is 36.8. The number of allylic oxidation sites excluding steroid dienone is 2. The lowest BCUT2D eigenvalue weighted by Gasteiger charge is -2.26. The normalized spacial score (nSPS) is 12.2. The third kappa shape index (κ3) is 7.33. The Morgan fingerprint density at radius 3 is 1.35 bits per heavy atom. The number of fused-ring (bicyclic) bond motifs is 6. The van der Waals surface area contributed by atoms with Gasteiger partial charge in [0.15, 0.2) is 0 Å². The van der Waals surface area contributed by atoms with Crippen LogP contribution in [-0.4, -0.2) is 9.13 Å². The standard InChI is InChI=1S/C61H50N4/c1-3-4-8-19-44(2)62-58-28-17-15-26-54(58)56-42-52(38-40-60(56)62)63(47-20-9-5-10-21-47)50-34-30-45(31-35-50)46-32-36-51(37-33-46)64(48-22-11-6-12-23-48)53-39-41-61-57(43-53)55-27-16-18-29-59(55)65(61)49-24-13-7-14-25-49/h3-7,9-18,20-44H,8,19H2,1-2H3/b4-3-. The Morgan fingerprint density at radius 2 is 0.800 bits per heavy atom. The highest BCUT2D eigenvalue weighted by atomic mass is 15.1. The van der Waals surface area contributed by atoms with E-state index in [1.54, 1.807) is 0 Å². The Bertz CT molecular complexity index is 3440. The Morgan fingerprint density at radius 1 is 0.400 bits per heavy atom. The van der Waals surface area contributed by atoms with Crippen molar-refractivity contribution >= 4 is 77.7 Å². The highest BCUT2D eigenvalue weighted by molar-refractivity contribution is 6.11. The van der Waals surface area contributed by atoms with Crippen LogP contribution in [-0.2, 0) is 0 Å². The summed E-state index contributed by atoms with van der Waals surface area (Å²) >= 11 is 0. The molecule has 65 heavy (non-hydrogen) atoms. The van der Waals surface area contributed by atoms with Gasteiger partial charge in [-0.05, 0) is 147 Å². The zero-order chi connectivity index (χ0) is 43.7. The summed E-state index contributed by atoms with van der Waals surface area (Å²) in [6.45, 7) is 4.45. The summed E-state index contributed by atoms with van der Waals surface area (Å²) in [5, 5.41) is 5.02. The van der Waals surface area contributed by atoms with E-state index < -0.39 is 0 Å². The van der Waals surface area contributed by atoms with Crippen molar-refractivity contribution in [2.75, 3.05) is 9.80 Å². The van der Waals surface area contributed by atoms with Gasteiger partial charge in [-0.3, -0.25) is 0 Å². The Balaban J connectivity index is 0.937. The number of para-hydroxylation sites is 5. The fraction of sp³-hybridized carbons (Fsp3) is 0.0820. The van der Waals surface area contributed by atoms with Crippen molar-refractivity contribution in [3.05, 3.63) is 237 Å². The molecule has 0 bridgehead atoms. The van der Waals surface area contributed by atoms with Gasteiger partial charge in [-0.1, -0.05) is 127 Å². The summed E-state index contributed by atoms with van der Waals surface area (Å²) in [7, 11) is 0. The van der Waals surface area contributed by atoms with Crippen LogP contribution in [0.5, 0.6) is 0 Å². The molecule has 2 aromatic heterocycles. The van der Waals surface area contributed by atoms with Crippen molar-refractivity contribution in [1.29, 1.82) is 0 Å². The molecule has 0 amide bonds. The molecule has 11 rings (SSSR count). The van der Waals surface area contributed by atoms with Crippen LogP contribution in [0.4, 0.5) is 34.1 Å². The lowest BCUT2D eigenvalue weighted by Crippen LogP contribution is -2.10.